The molecule has 1 saturated heterocycles. The molecule has 0 amide bonds. The summed E-state index contributed by atoms with van der Waals surface area (Å²) in [5.41, 5.74) is 11.9. The van der Waals surface area contributed by atoms with E-state index in [1.807, 2.05) is 36.4 Å². The number of hydrogen-bond donors (Lipinski definition) is 5. The van der Waals surface area contributed by atoms with E-state index in [9.17, 15) is 10.2 Å². The first kappa shape index (κ1) is 24.6. The van der Waals surface area contributed by atoms with Crippen LogP contribution in [0.3, 0.4) is 0 Å². The van der Waals surface area contributed by atoms with E-state index in [1.165, 1.54) is 18.4 Å². The monoisotopic (exact) mass is 561 g/mol. The Labute approximate surface area is 244 Å². The van der Waals surface area contributed by atoms with Crippen molar-refractivity contribution in [3.8, 4) is 11.5 Å². The minimum atomic E-state index is -1.02. The number of aliphatic imine (C=N–C) groups is 1. The number of benzene rings is 3. The van der Waals surface area contributed by atoms with Gasteiger partial charge < -0.3 is 31.0 Å². The molecule has 3 aromatic carbocycles. The third-order valence-electron chi connectivity index (χ3n) is 10.7. The smallest absolute Gasteiger partial charge is 0.193 e. The van der Waals surface area contributed by atoms with Crippen molar-refractivity contribution in [1.82, 2.24) is 9.88 Å². The first-order valence-corrected chi connectivity index (χ1v) is 15.2. The van der Waals surface area contributed by atoms with Crippen LogP contribution in [0.25, 0.3) is 10.9 Å². The van der Waals surface area contributed by atoms with Crippen molar-refractivity contribution in [2.24, 2.45) is 16.6 Å². The van der Waals surface area contributed by atoms with Gasteiger partial charge in [-0.15, -0.1) is 0 Å². The first-order valence-electron chi connectivity index (χ1n) is 15.2. The lowest BCUT2D eigenvalue weighted by Crippen LogP contribution is -2.74. The van der Waals surface area contributed by atoms with Crippen LogP contribution in [0, 0.1) is 5.92 Å². The van der Waals surface area contributed by atoms with Crippen LogP contribution in [0.15, 0.2) is 65.7 Å². The fourth-order valence-electron chi connectivity index (χ4n) is 8.65. The molecule has 3 heterocycles. The summed E-state index contributed by atoms with van der Waals surface area (Å²) in [6.07, 6.45) is 4.28. The molecule has 214 valence electrons. The summed E-state index contributed by atoms with van der Waals surface area (Å²) in [5.74, 6) is 1.81. The highest BCUT2D eigenvalue weighted by Crippen LogP contribution is 2.69. The summed E-state index contributed by atoms with van der Waals surface area (Å²) >= 11 is 0. The quantitative estimate of drug-likeness (QED) is 0.181. The molecule has 8 heteroatoms. The number of piperidine rings is 1. The highest BCUT2D eigenvalue weighted by molar-refractivity contribution is 5.96. The minimum Gasteiger partial charge on any atom is -0.504 e. The third kappa shape index (κ3) is 3.28. The van der Waals surface area contributed by atoms with E-state index >= 15 is 0 Å². The molecule has 1 spiro atoms. The van der Waals surface area contributed by atoms with Gasteiger partial charge in [0, 0.05) is 41.2 Å². The maximum absolute atomic E-state index is 13.1. The van der Waals surface area contributed by atoms with E-state index in [1.54, 1.807) is 6.07 Å². The highest BCUT2D eigenvalue weighted by Gasteiger charge is 2.72. The van der Waals surface area contributed by atoms with Gasteiger partial charge in [0.2, 0.25) is 0 Å². The SMILES string of the molecule is NC(=NCc1ccccc1)Nc1ccc2[nH]c3c(c2c1)C[C@@]1(O)[C@@H]2Cc4ccc(O)c5c4[C@@]1(CCN2CC1CC1)[C@H]3O5. The van der Waals surface area contributed by atoms with Crippen molar-refractivity contribution >= 4 is 22.5 Å². The second-order valence-corrected chi connectivity index (χ2v) is 13.0. The van der Waals surface area contributed by atoms with Crippen molar-refractivity contribution < 1.29 is 14.9 Å². The zero-order valence-electron chi connectivity index (χ0n) is 23.4. The van der Waals surface area contributed by atoms with E-state index in [2.05, 4.69) is 38.4 Å². The molecular weight excluding hydrogens is 526 g/mol. The molecular formula is C34H35N5O3. The molecule has 5 aliphatic rings. The summed E-state index contributed by atoms with van der Waals surface area (Å²) in [4.78, 5) is 10.8. The number of aromatic amines is 1. The number of hydrogen-bond acceptors (Lipinski definition) is 5. The standard InChI is InChI=1S/C34H35N5O3/c35-32(36-17-19-4-2-1-3-5-19)37-22-9-10-25-23(15-22)24-16-34(41)27-14-21-8-11-26(40)30-28(21)33(34,31(42-30)29(24)38-25)12-13-39(27)18-20-6-7-20/h1-5,8-11,15,20,27,31,38,40-41H,6-7,12-14,16-18H2,(H3,35,36,37)/t27-,31-,33-,34+/m0/s1. The molecule has 1 saturated carbocycles. The van der Waals surface area contributed by atoms with E-state index in [0.717, 1.165) is 70.8 Å². The number of H-pyrrole nitrogens is 1. The van der Waals surface area contributed by atoms with E-state index in [-0.39, 0.29) is 17.9 Å². The van der Waals surface area contributed by atoms with Crippen LogP contribution in [0.1, 0.15) is 53.3 Å². The Kier molecular flexibility index (Phi) is 4.99. The van der Waals surface area contributed by atoms with Gasteiger partial charge in [-0.05, 0) is 79.1 Å². The summed E-state index contributed by atoms with van der Waals surface area (Å²) < 4.78 is 6.71. The van der Waals surface area contributed by atoms with E-state index in [4.69, 9.17) is 10.5 Å². The Morgan fingerprint density at radius 1 is 1.14 bits per heavy atom. The average molecular weight is 562 g/mol. The number of fused-ring (bicyclic) bond motifs is 4. The molecule has 42 heavy (non-hydrogen) atoms. The van der Waals surface area contributed by atoms with Crippen molar-refractivity contribution in [2.45, 2.75) is 61.8 Å². The van der Waals surface area contributed by atoms with Crippen molar-refractivity contribution in [3.05, 3.63) is 88.6 Å². The van der Waals surface area contributed by atoms with Gasteiger partial charge in [-0.3, -0.25) is 4.90 Å². The molecule has 8 nitrogen and oxygen atoms in total. The molecule has 2 fully saturated rings. The highest BCUT2D eigenvalue weighted by atomic mass is 16.5. The van der Waals surface area contributed by atoms with Crippen LogP contribution < -0.4 is 15.8 Å². The Bertz CT molecular complexity index is 1780. The Balaban J connectivity index is 1.13. The Hall–Kier alpha value is -4.01. The Morgan fingerprint density at radius 2 is 2.00 bits per heavy atom. The zero-order valence-corrected chi connectivity index (χ0v) is 23.4. The molecule has 6 N–H and O–H groups in total. The number of aromatic hydroxyl groups is 1. The second-order valence-electron chi connectivity index (χ2n) is 13.0. The number of ether oxygens (including phenoxy) is 1. The fourth-order valence-corrected chi connectivity index (χ4v) is 8.65. The van der Waals surface area contributed by atoms with Crippen LogP contribution in [0.5, 0.6) is 11.5 Å². The Morgan fingerprint density at radius 3 is 2.83 bits per heavy atom. The predicted molar refractivity (Wildman–Crippen MR) is 162 cm³/mol. The number of rotatable bonds is 5. The summed E-state index contributed by atoms with van der Waals surface area (Å²) in [6, 6.07) is 20.0. The number of likely N-dealkylation sites (tertiary alicyclic amines) is 1. The summed E-state index contributed by atoms with van der Waals surface area (Å²) in [7, 11) is 0. The zero-order chi connectivity index (χ0) is 28.2. The molecule has 2 bridgehead atoms. The van der Waals surface area contributed by atoms with Crippen LogP contribution in [-0.2, 0) is 24.8 Å². The molecule has 0 radical (unpaired) electrons. The van der Waals surface area contributed by atoms with E-state index < -0.39 is 11.0 Å². The number of guanidine groups is 1. The van der Waals surface area contributed by atoms with Crippen LogP contribution in [0.2, 0.25) is 0 Å². The predicted octanol–water partition coefficient (Wildman–Crippen LogP) is 4.50. The topological polar surface area (TPSA) is 119 Å². The van der Waals surface area contributed by atoms with Crippen molar-refractivity contribution in [3.63, 3.8) is 0 Å². The van der Waals surface area contributed by atoms with Gasteiger partial charge >= 0.3 is 0 Å². The number of aromatic nitrogens is 1. The summed E-state index contributed by atoms with van der Waals surface area (Å²) in [6.45, 7) is 2.48. The van der Waals surface area contributed by atoms with Gasteiger partial charge in [0.05, 0.1) is 23.3 Å². The van der Waals surface area contributed by atoms with Crippen LogP contribution >= 0.6 is 0 Å². The molecule has 3 aliphatic carbocycles. The van der Waals surface area contributed by atoms with Gasteiger partial charge in [-0.25, -0.2) is 4.99 Å². The van der Waals surface area contributed by atoms with Gasteiger partial charge in [0.25, 0.3) is 0 Å². The fraction of sp³-hybridized carbons (Fsp3) is 0.382. The molecule has 9 rings (SSSR count). The molecule has 4 atom stereocenters. The first-order chi connectivity index (χ1) is 20.4. The lowest BCUT2D eigenvalue weighted by molar-refractivity contribution is -0.173. The van der Waals surface area contributed by atoms with Crippen LogP contribution in [-0.4, -0.2) is 50.8 Å². The lowest BCUT2D eigenvalue weighted by Gasteiger charge is -2.62. The lowest BCUT2D eigenvalue weighted by atomic mass is 9.49. The molecule has 4 aromatic rings. The third-order valence-corrected chi connectivity index (χ3v) is 10.7. The molecule has 1 aromatic heterocycles. The van der Waals surface area contributed by atoms with Crippen molar-refractivity contribution in [1.29, 1.82) is 0 Å². The number of nitrogens with two attached hydrogens (primary N) is 1. The van der Waals surface area contributed by atoms with Gasteiger partial charge in [-0.2, -0.15) is 0 Å². The number of anilines is 1. The van der Waals surface area contributed by atoms with Gasteiger partial charge in [0.15, 0.2) is 23.6 Å². The molecule has 2 aliphatic heterocycles. The number of nitrogens with zero attached hydrogens (tertiary/aromatic N) is 2. The number of phenolic OH excluding ortho intramolecular Hbond substituents is 1. The average Bonchev–Trinajstić information content (AvgIpc) is 3.64. The maximum atomic E-state index is 13.1. The molecule has 0 unspecified atom stereocenters. The normalized spacial score (nSPS) is 29.2. The van der Waals surface area contributed by atoms with Crippen LogP contribution in [0.4, 0.5) is 5.69 Å². The number of aliphatic hydroxyl groups is 1. The number of nitrogens with one attached hydrogen (secondary N) is 2. The van der Waals surface area contributed by atoms with Crippen molar-refractivity contribution in [2.75, 3.05) is 18.4 Å². The second kappa shape index (κ2) is 8.52. The van der Waals surface area contributed by atoms with E-state index in [0.29, 0.717) is 24.7 Å². The maximum Gasteiger partial charge on any atom is 0.193 e. The number of phenols is 1. The largest absolute Gasteiger partial charge is 0.504 e. The summed E-state index contributed by atoms with van der Waals surface area (Å²) in [5, 5.41) is 28.3. The van der Waals surface area contributed by atoms with Gasteiger partial charge in [-0.1, -0.05) is 36.4 Å². The minimum absolute atomic E-state index is 0.00103. The van der Waals surface area contributed by atoms with Gasteiger partial charge in [0.1, 0.15) is 0 Å².